The summed E-state index contributed by atoms with van der Waals surface area (Å²) in [5.74, 6) is 1.17. The van der Waals surface area contributed by atoms with Gasteiger partial charge in [0.1, 0.15) is 6.07 Å². The summed E-state index contributed by atoms with van der Waals surface area (Å²) in [7, 11) is 1.68. The van der Waals surface area contributed by atoms with Crippen molar-refractivity contribution in [3.05, 3.63) is 62.4 Å². The summed E-state index contributed by atoms with van der Waals surface area (Å²) >= 11 is 0. The highest BCUT2D eigenvalue weighted by Gasteiger charge is 2.27. The topological polar surface area (TPSA) is 96.8 Å². The molecule has 1 aliphatic heterocycles. The maximum Gasteiger partial charge on any atom is 0.317 e. The second kappa shape index (κ2) is 7.10. The van der Waals surface area contributed by atoms with E-state index < -0.39 is 11.1 Å². The predicted octanol–water partition coefficient (Wildman–Crippen LogP) is 2.08. The van der Waals surface area contributed by atoms with Gasteiger partial charge in [-0.05, 0) is 49.3 Å². The van der Waals surface area contributed by atoms with E-state index in [0.717, 1.165) is 23.9 Å². The van der Waals surface area contributed by atoms with Crippen LogP contribution in [-0.4, -0.2) is 32.2 Å². The van der Waals surface area contributed by atoms with Crippen molar-refractivity contribution in [1.82, 2.24) is 19.1 Å². The number of aryl methyl sites for hydroxylation is 1. The summed E-state index contributed by atoms with van der Waals surface area (Å²) in [5.41, 5.74) is 2.37. The van der Waals surface area contributed by atoms with Crippen LogP contribution in [0.15, 0.2) is 40.2 Å². The van der Waals surface area contributed by atoms with Crippen LogP contribution in [0.1, 0.15) is 48.8 Å². The smallest absolute Gasteiger partial charge is 0.317 e. The molecule has 152 valence electrons. The highest BCUT2D eigenvalue weighted by Crippen LogP contribution is 2.40. The second-order valence-corrected chi connectivity index (χ2v) is 8.16. The normalized spacial score (nSPS) is 17.3. The van der Waals surface area contributed by atoms with Gasteiger partial charge in [-0.1, -0.05) is 6.07 Å². The average Bonchev–Trinajstić information content (AvgIpc) is 3.64. The Balaban J connectivity index is 1.47. The standard InChI is InChI=1S/C22H22N6O2/c1-26-19-10-16(15-2-3-15)4-5-18(19)28(21(30)20(26)29)17-6-8-27(9-7-17)22-24-12-14(11-23)13-25-22/h4-5,10,12-13,15,17H,2-3,6-9H2,1H3. The van der Waals surface area contributed by atoms with Crippen molar-refractivity contribution in [2.75, 3.05) is 18.0 Å². The van der Waals surface area contributed by atoms with Crippen LogP contribution >= 0.6 is 0 Å². The number of anilines is 1. The highest BCUT2D eigenvalue weighted by molar-refractivity contribution is 5.76. The molecule has 2 aliphatic rings. The first-order chi connectivity index (χ1) is 14.6. The zero-order valence-corrected chi connectivity index (χ0v) is 16.8. The summed E-state index contributed by atoms with van der Waals surface area (Å²) in [6.07, 6.45) is 6.85. The van der Waals surface area contributed by atoms with E-state index in [1.807, 2.05) is 12.1 Å². The molecule has 30 heavy (non-hydrogen) atoms. The number of hydrogen-bond donors (Lipinski definition) is 0. The lowest BCUT2D eigenvalue weighted by Gasteiger charge is -2.33. The molecule has 2 aromatic heterocycles. The van der Waals surface area contributed by atoms with Gasteiger partial charge in [-0.3, -0.25) is 14.2 Å². The number of rotatable bonds is 3. The molecule has 8 nitrogen and oxygen atoms in total. The molecule has 8 heteroatoms. The van der Waals surface area contributed by atoms with Crippen LogP contribution < -0.4 is 16.0 Å². The molecule has 1 saturated carbocycles. The van der Waals surface area contributed by atoms with E-state index in [4.69, 9.17) is 5.26 Å². The first-order valence-electron chi connectivity index (χ1n) is 10.3. The van der Waals surface area contributed by atoms with Crippen molar-refractivity contribution in [3.8, 4) is 6.07 Å². The molecule has 0 amide bonds. The van der Waals surface area contributed by atoms with Crippen LogP contribution in [0.4, 0.5) is 5.95 Å². The lowest BCUT2D eigenvalue weighted by atomic mass is 10.0. The highest BCUT2D eigenvalue weighted by atomic mass is 16.2. The third kappa shape index (κ3) is 3.07. The van der Waals surface area contributed by atoms with Gasteiger partial charge in [0.25, 0.3) is 0 Å². The van der Waals surface area contributed by atoms with Crippen molar-refractivity contribution in [2.45, 2.75) is 37.6 Å². The molecule has 1 aromatic carbocycles. The Labute approximate surface area is 173 Å². The summed E-state index contributed by atoms with van der Waals surface area (Å²) in [6, 6.07) is 8.14. The van der Waals surface area contributed by atoms with E-state index in [9.17, 15) is 9.59 Å². The molecule has 0 spiro atoms. The van der Waals surface area contributed by atoms with E-state index in [1.165, 1.54) is 35.4 Å². The van der Waals surface area contributed by atoms with Crippen molar-refractivity contribution < 1.29 is 0 Å². The largest absolute Gasteiger partial charge is 0.341 e. The Bertz CT molecular complexity index is 1270. The molecular formula is C22H22N6O2. The molecule has 0 atom stereocenters. The van der Waals surface area contributed by atoms with Gasteiger partial charge < -0.3 is 9.47 Å². The fraction of sp³-hybridized carbons (Fsp3) is 0.409. The Morgan fingerprint density at radius 1 is 1.00 bits per heavy atom. The number of hydrogen-bond acceptors (Lipinski definition) is 6. The Kier molecular flexibility index (Phi) is 4.39. The summed E-state index contributed by atoms with van der Waals surface area (Å²) < 4.78 is 3.19. The van der Waals surface area contributed by atoms with Crippen molar-refractivity contribution in [1.29, 1.82) is 5.26 Å². The van der Waals surface area contributed by atoms with Crippen LogP contribution in [0.3, 0.4) is 0 Å². The minimum absolute atomic E-state index is 0.0460. The van der Waals surface area contributed by atoms with Gasteiger partial charge in [0.05, 0.1) is 29.0 Å². The number of aromatic nitrogens is 4. The number of nitrogens with zero attached hydrogens (tertiary/aromatic N) is 6. The number of piperidine rings is 1. The van der Waals surface area contributed by atoms with Crippen LogP contribution in [0, 0.1) is 11.3 Å². The van der Waals surface area contributed by atoms with Gasteiger partial charge in [0, 0.05) is 26.2 Å². The predicted molar refractivity (Wildman–Crippen MR) is 113 cm³/mol. The van der Waals surface area contributed by atoms with Crippen molar-refractivity contribution >= 4 is 17.0 Å². The molecule has 0 N–H and O–H groups in total. The lowest BCUT2D eigenvalue weighted by Crippen LogP contribution is -2.45. The van der Waals surface area contributed by atoms with Crippen LogP contribution in [-0.2, 0) is 7.05 Å². The minimum atomic E-state index is -0.478. The van der Waals surface area contributed by atoms with Crippen LogP contribution in [0.5, 0.6) is 0 Å². The van der Waals surface area contributed by atoms with Gasteiger partial charge in [0.2, 0.25) is 5.95 Å². The molecule has 3 heterocycles. The number of fused-ring (bicyclic) bond motifs is 1. The van der Waals surface area contributed by atoms with Crippen LogP contribution in [0.25, 0.3) is 11.0 Å². The first kappa shape index (κ1) is 18.6. The summed E-state index contributed by atoms with van der Waals surface area (Å²) in [5, 5.41) is 8.90. The molecule has 0 bridgehead atoms. The lowest BCUT2D eigenvalue weighted by molar-refractivity contribution is 0.391. The van der Waals surface area contributed by atoms with Gasteiger partial charge in [-0.2, -0.15) is 5.26 Å². The maximum atomic E-state index is 12.9. The van der Waals surface area contributed by atoms with Gasteiger partial charge in [-0.25, -0.2) is 9.97 Å². The van der Waals surface area contributed by atoms with E-state index in [-0.39, 0.29) is 6.04 Å². The van der Waals surface area contributed by atoms with Crippen molar-refractivity contribution in [3.63, 3.8) is 0 Å². The molecule has 1 aliphatic carbocycles. The quantitative estimate of drug-likeness (QED) is 0.622. The molecule has 0 radical (unpaired) electrons. The molecule has 0 unspecified atom stereocenters. The minimum Gasteiger partial charge on any atom is -0.341 e. The Hall–Kier alpha value is -3.47. The summed E-state index contributed by atoms with van der Waals surface area (Å²) in [6.45, 7) is 1.36. The molecule has 3 aromatic rings. The molecule has 5 rings (SSSR count). The summed E-state index contributed by atoms with van der Waals surface area (Å²) in [4.78, 5) is 36.2. The molecule has 1 saturated heterocycles. The van der Waals surface area contributed by atoms with E-state index >= 15 is 0 Å². The van der Waals surface area contributed by atoms with Gasteiger partial charge in [-0.15, -0.1) is 0 Å². The third-order valence-corrected chi connectivity index (χ3v) is 6.26. The molecule has 2 fully saturated rings. The third-order valence-electron chi connectivity index (χ3n) is 6.26. The SMILES string of the molecule is Cn1c(=O)c(=O)n(C2CCN(c3ncc(C#N)cn3)CC2)c2ccc(C3CC3)cc21. The van der Waals surface area contributed by atoms with E-state index in [1.54, 1.807) is 11.6 Å². The number of benzene rings is 1. The van der Waals surface area contributed by atoms with E-state index in [2.05, 4.69) is 27.0 Å². The van der Waals surface area contributed by atoms with Gasteiger partial charge >= 0.3 is 11.1 Å². The number of nitriles is 1. The zero-order chi connectivity index (χ0) is 20.8. The first-order valence-corrected chi connectivity index (χ1v) is 10.3. The van der Waals surface area contributed by atoms with Crippen LogP contribution in [0.2, 0.25) is 0 Å². The second-order valence-electron chi connectivity index (χ2n) is 8.16. The fourth-order valence-electron chi connectivity index (χ4n) is 4.38. The monoisotopic (exact) mass is 402 g/mol. The maximum absolute atomic E-state index is 12.9. The molecular weight excluding hydrogens is 380 g/mol. The van der Waals surface area contributed by atoms with E-state index in [0.29, 0.717) is 30.5 Å². The van der Waals surface area contributed by atoms with Crippen molar-refractivity contribution in [2.24, 2.45) is 7.05 Å². The Morgan fingerprint density at radius 2 is 1.70 bits per heavy atom. The fourth-order valence-corrected chi connectivity index (χ4v) is 4.38. The zero-order valence-electron chi connectivity index (χ0n) is 16.8. The average molecular weight is 402 g/mol. The van der Waals surface area contributed by atoms with Gasteiger partial charge in [0.15, 0.2) is 0 Å². The Morgan fingerprint density at radius 3 is 2.33 bits per heavy atom.